The Morgan fingerprint density at radius 2 is 2.08 bits per heavy atom. The third-order valence-electron chi connectivity index (χ3n) is 2.59. The highest BCUT2D eigenvalue weighted by Gasteiger charge is 2.60. The van der Waals surface area contributed by atoms with Gasteiger partial charge >= 0.3 is 5.97 Å². The highest BCUT2D eigenvalue weighted by atomic mass is 19.1. The quantitative estimate of drug-likeness (QED) is 0.693. The minimum atomic E-state index is -0.831. The molecular formula is C9H13FO2. The predicted octanol–water partition coefficient (Wildman–Crippen LogP) is 2.22. The number of aliphatic carboxylic acids is 1. The maximum absolute atomic E-state index is 12.4. The highest BCUT2D eigenvalue weighted by molar-refractivity contribution is 5.76. The summed E-state index contributed by atoms with van der Waals surface area (Å²) in [4.78, 5) is 10.6. The lowest BCUT2D eigenvalue weighted by Crippen LogP contribution is -2.02. The number of carboxylic acid groups (broad SMARTS) is 1. The van der Waals surface area contributed by atoms with Crippen molar-refractivity contribution < 1.29 is 14.3 Å². The van der Waals surface area contributed by atoms with Crippen molar-refractivity contribution in [1.82, 2.24) is 0 Å². The largest absolute Gasteiger partial charge is 0.481 e. The first-order valence-electron chi connectivity index (χ1n) is 3.94. The molecule has 0 aliphatic heterocycles. The van der Waals surface area contributed by atoms with E-state index in [0.29, 0.717) is 0 Å². The fourth-order valence-corrected chi connectivity index (χ4v) is 1.71. The number of carboxylic acids is 1. The number of allylic oxidation sites excluding steroid dienone is 2. The fraction of sp³-hybridized carbons (Fsp3) is 0.667. The molecule has 1 saturated carbocycles. The number of hydrogen-bond donors (Lipinski definition) is 1. The van der Waals surface area contributed by atoms with Gasteiger partial charge in [-0.15, -0.1) is 0 Å². The monoisotopic (exact) mass is 172 g/mol. The van der Waals surface area contributed by atoms with Crippen LogP contribution in [0.3, 0.4) is 0 Å². The summed E-state index contributed by atoms with van der Waals surface area (Å²) < 4.78 is 12.4. The molecule has 3 heteroatoms. The van der Waals surface area contributed by atoms with Gasteiger partial charge in [0.2, 0.25) is 0 Å². The first-order valence-corrected chi connectivity index (χ1v) is 3.94. The lowest BCUT2D eigenvalue weighted by molar-refractivity contribution is -0.139. The second-order valence-electron chi connectivity index (χ2n) is 3.92. The van der Waals surface area contributed by atoms with Crippen LogP contribution in [0, 0.1) is 17.3 Å². The topological polar surface area (TPSA) is 37.3 Å². The number of halogens is 1. The molecule has 68 valence electrons. The summed E-state index contributed by atoms with van der Waals surface area (Å²) in [6.07, 6.45) is 1.40. The molecule has 0 aromatic carbocycles. The SMILES string of the molecule is CC(F)=CC1[C@@H](C(=O)O)C1(C)C. The average Bonchev–Trinajstić information content (AvgIpc) is 2.32. The molecule has 0 saturated heterocycles. The van der Waals surface area contributed by atoms with Crippen molar-refractivity contribution in [2.75, 3.05) is 0 Å². The van der Waals surface area contributed by atoms with Gasteiger partial charge in [-0.3, -0.25) is 4.79 Å². The van der Waals surface area contributed by atoms with E-state index in [1.54, 1.807) is 0 Å². The zero-order chi connectivity index (χ0) is 9.52. The summed E-state index contributed by atoms with van der Waals surface area (Å²) >= 11 is 0. The van der Waals surface area contributed by atoms with Crippen LogP contribution in [0.4, 0.5) is 4.39 Å². The van der Waals surface area contributed by atoms with Gasteiger partial charge in [0.25, 0.3) is 0 Å². The minimum absolute atomic E-state index is 0.139. The molecule has 0 heterocycles. The van der Waals surface area contributed by atoms with Crippen molar-refractivity contribution in [3.05, 3.63) is 11.9 Å². The van der Waals surface area contributed by atoms with Crippen molar-refractivity contribution >= 4 is 5.97 Å². The lowest BCUT2D eigenvalue weighted by atomic mass is 10.1. The summed E-state index contributed by atoms with van der Waals surface area (Å²) in [6.45, 7) is 5.03. The Morgan fingerprint density at radius 1 is 1.58 bits per heavy atom. The molecule has 1 N–H and O–H groups in total. The third kappa shape index (κ3) is 1.36. The van der Waals surface area contributed by atoms with Gasteiger partial charge in [0.15, 0.2) is 0 Å². The van der Waals surface area contributed by atoms with Gasteiger partial charge in [-0.2, -0.15) is 0 Å². The minimum Gasteiger partial charge on any atom is -0.481 e. The van der Waals surface area contributed by atoms with Crippen LogP contribution in [-0.2, 0) is 4.79 Å². The Labute approximate surface area is 71.1 Å². The molecule has 0 radical (unpaired) electrons. The molecule has 2 atom stereocenters. The molecule has 0 aromatic heterocycles. The second-order valence-corrected chi connectivity index (χ2v) is 3.92. The molecule has 2 nitrogen and oxygen atoms in total. The Bertz CT molecular complexity index is 239. The summed E-state index contributed by atoms with van der Waals surface area (Å²) in [5, 5.41) is 8.72. The maximum atomic E-state index is 12.4. The summed E-state index contributed by atoms with van der Waals surface area (Å²) in [7, 11) is 0. The van der Waals surface area contributed by atoms with Gasteiger partial charge in [0, 0.05) is 0 Å². The Hall–Kier alpha value is -0.860. The van der Waals surface area contributed by atoms with Gasteiger partial charge in [0.1, 0.15) is 0 Å². The zero-order valence-electron chi connectivity index (χ0n) is 7.47. The normalized spacial score (nSPS) is 33.2. The van der Waals surface area contributed by atoms with E-state index in [2.05, 4.69) is 0 Å². The summed E-state index contributed by atoms with van der Waals surface area (Å²) in [6, 6.07) is 0. The van der Waals surface area contributed by atoms with E-state index in [4.69, 9.17) is 5.11 Å². The van der Waals surface area contributed by atoms with Crippen LogP contribution in [0.5, 0.6) is 0 Å². The molecule has 1 aliphatic rings. The number of carbonyl (C=O) groups is 1. The van der Waals surface area contributed by atoms with Crippen LogP contribution in [0.25, 0.3) is 0 Å². The highest BCUT2D eigenvalue weighted by Crippen LogP contribution is 2.59. The molecule has 1 fully saturated rings. The van der Waals surface area contributed by atoms with E-state index in [1.807, 2.05) is 13.8 Å². The van der Waals surface area contributed by atoms with E-state index < -0.39 is 11.9 Å². The molecular weight excluding hydrogens is 159 g/mol. The van der Waals surface area contributed by atoms with Gasteiger partial charge in [-0.05, 0) is 24.3 Å². The van der Waals surface area contributed by atoms with Crippen LogP contribution >= 0.6 is 0 Å². The van der Waals surface area contributed by atoms with Gasteiger partial charge in [-0.1, -0.05) is 13.8 Å². The maximum Gasteiger partial charge on any atom is 0.307 e. The van der Waals surface area contributed by atoms with Crippen LogP contribution in [0.1, 0.15) is 20.8 Å². The van der Waals surface area contributed by atoms with E-state index in [-0.39, 0.29) is 17.2 Å². The molecule has 0 amide bonds. The van der Waals surface area contributed by atoms with E-state index in [0.717, 1.165) is 0 Å². The van der Waals surface area contributed by atoms with Crippen LogP contribution in [0.2, 0.25) is 0 Å². The summed E-state index contributed by atoms with van der Waals surface area (Å²) in [5.41, 5.74) is -0.279. The standard InChI is InChI=1S/C9H13FO2/c1-5(10)4-6-7(8(11)12)9(6,2)3/h4,6-7H,1-3H3,(H,11,12)/t6?,7-/m0/s1. The molecule has 1 aliphatic carbocycles. The van der Waals surface area contributed by atoms with E-state index >= 15 is 0 Å². The smallest absolute Gasteiger partial charge is 0.307 e. The molecule has 1 unspecified atom stereocenters. The van der Waals surface area contributed by atoms with Crippen molar-refractivity contribution in [3.63, 3.8) is 0 Å². The van der Waals surface area contributed by atoms with E-state index in [1.165, 1.54) is 13.0 Å². The molecule has 0 bridgehead atoms. The summed E-state index contributed by atoms with van der Waals surface area (Å²) in [5.74, 6) is -1.68. The fourth-order valence-electron chi connectivity index (χ4n) is 1.71. The van der Waals surface area contributed by atoms with Crippen molar-refractivity contribution in [2.45, 2.75) is 20.8 Å². The Balaban J connectivity index is 2.73. The number of rotatable bonds is 2. The third-order valence-corrected chi connectivity index (χ3v) is 2.59. The Morgan fingerprint density at radius 3 is 2.33 bits per heavy atom. The van der Waals surface area contributed by atoms with Crippen molar-refractivity contribution in [1.29, 1.82) is 0 Å². The van der Waals surface area contributed by atoms with Crippen molar-refractivity contribution in [2.24, 2.45) is 17.3 Å². The van der Waals surface area contributed by atoms with Gasteiger partial charge in [-0.25, -0.2) is 4.39 Å². The van der Waals surface area contributed by atoms with Crippen LogP contribution < -0.4 is 0 Å². The van der Waals surface area contributed by atoms with Crippen LogP contribution in [-0.4, -0.2) is 11.1 Å². The second kappa shape index (κ2) is 2.57. The first-order chi connectivity index (χ1) is 5.37. The predicted molar refractivity (Wildman–Crippen MR) is 43.3 cm³/mol. The molecule has 12 heavy (non-hydrogen) atoms. The lowest BCUT2D eigenvalue weighted by Gasteiger charge is -1.96. The van der Waals surface area contributed by atoms with Crippen molar-refractivity contribution in [3.8, 4) is 0 Å². The average molecular weight is 172 g/mol. The number of hydrogen-bond acceptors (Lipinski definition) is 1. The molecule has 0 spiro atoms. The molecule has 1 rings (SSSR count). The van der Waals surface area contributed by atoms with E-state index in [9.17, 15) is 9.18 Å². The van der Waals surface area contributed by atoms with Gasteiger partial charge in [0.05, 0.1) is 11.7 Å². The molecule has 0 aromatic rings. The zero-order valence-corrected chi connectivity index (χ0v) is 7.47. The van der Waals surface area contributed by atoms with Gasteiger partial charge < -0.3 is 5.11 Å². The Kier molecular flexibility index (Phi) is 1.98. The first kappa shape index (κ1) is 9.23. The van der Waals surface area contributed by atoms with Crippen LogP contribution in [0.15, 0.2) is 11.9 Å².